The summed E-state index contributed by atoms with van der Waals surface area (Å²) in [5, 5.41) is 0.488. The zero-order chi connectivity index (χ0) is 18.1. The van der Waals surface area contributed by atoms with Crippen molar-refractivity contribution in [1.29, 1.82) is 0 Å². The average Bonchev–Trinajstić information content (AvgIpc) is 2.54. The molecule has 10 heteroatoms. The Bertz CT molecular complexity index is 591. The summed E-state index contributed by atoms with van der Waals surface area (Å²) in [6.45, 7) is 4.52. The van der Waals surface area contributed by atoms with Crippen LogP contribution in [0.2, 0.25) is 5.15 Å². The molecule has 0 aliphatic carbocycles. The summed E-state index contributed by atoms with van der Waals surface area (Å²) in [6.07, 6.45) is 2.63. The molecule has 0 spiro atoms. The van der Waals surface area contributed by atoms with Gasteiger partial charge in [-0.2, -0.15) is 0 Å². The molecule has 1 rings (SSSR count). The second-order valence-corrected chi connectivity index (χ2v) is 6.28. The monoisotopic (exact) mass is 393 g/mol. The fourth-order valence-electron chi connectivity index (χ4n) is 1.81. The minimum absolute atomic E-state index is 0.0423. The van der Waals surface area contributed by atoms with Crippen molar-refractivity contribution >= 4 is 50.5 Å². The summed E-state index contributed by atoms with van der Waals surface area (Å²) >= 11 is 7.45. The molecule has 0 bridgehead atoms. The number of nitrogens with zero attached hydrogens (tertiary/aromatic N) is 3. The van der Waals surface area contributed by atoms with Gasteiger partial charge in [0.25, 0.3) is 0 Å². The predicted octanol–water partition coefficient (Wildman–Crippen LogP) is 2.97. The Labute approximate surface area is 153 Å². The van der Waals surface area contributed by atoms with E-state index < -0.39 is 5.97 Å². The first-order valence-electron chi connectivity index (χ1n) is 7.41. The highest BCUT2D eigenvalue weighted by Gasteiger charge is 2.23. The predicted molar refractivity (Wildman–Crippen MR) is 97.7 cm³/mol. The second-order valence-electron chi connectivity index (χ2n) is 4.52. The van der Waals surface area contributed by atoms with Crippen LogP contribution in [-0.2, 0) is 14.3 Å². The molecule has 0 fully saturated rings. The summed E-state index contributed by atoms with van der Waals surface area (Å²) < 4.78 is 11.6. The second kappa shape index (κ2) is 10.7. The highest BCUT2D eigenvalue weighted by molar-refractivity contribution is 7.98. The molecule has 0 N–H and O–H groups in total. The molecule has 0 aliphatic rings. The van der Waals surface area contributed by atoms with E-state index in [1.54, 1.807) is 18.5 Å². The average molecular weight is 394 g/mol. The lowest BCUT2D eigenvalue weighted by Gasteiger charge is -2.21. The van der Waals surface area contributed by atoms with Gasteiger partial charge in [-0.05, 0) is 35.9 Å². The molecule has 24 heavy (non-hydrogen) atoms. The summed E-state index contributed by atoms with van der Waals surface area (Å²) in [6, 6.07) is 0. The number of aromatic nitrogens is 2. The van der Waals surface area contributed by atoms with Crippen molar-refractivity contribution in [3.8, 4) is 0 Å². The highest BCUT2D eigenvalue weighted by atomic mass is 35.5. The lowest BCUT2D eigenvalue weighted by Crippen LogP contribution is -2.20. The van der Waals surface area contributed by atoms with Crippen LogP contribution in [0.3, 0.4) is 0 Å². The topological polar surface area (TPSA) is 81.6 Å². The van der Waals surface area contributed by atoms with Crippen LogP contribution in [0, 0.1) is 0 Å². The van der Waals surface area contributed by atoms with E-state index in [1.165, 1.54) is 11.8 Å². The number of ether oxygens (including phenoxy) is 2. The Morgan fingerprint density at radius 2 is 1.92 bits per heavy atom. The number of anilines is 1. The van der Waals surface area contributed by atoms with Crippen molar-refractivity contribution in [1.82, 2.24) is 9.97 Å². The van der Waals surface area contributed by atoms with Crippen LogP contribution in [0.1, 0.15) is 37.0 Å². The number of hydrogen-bond acceptors (Lipinski definition) is 8. The van der Waals surface area contributed by atoms with E-state index >= 15 is 0 Å². The van der Waals surface area contributed by atoms with E-state index in [-0.39, 0.29) is 29.7 Å². The smallest absolute Gasteiger partial charge is 0.345 e. The molecular formula is C14H21ClN3O4PS. The molecule has 0 aromatic carbocycles. The number of hydrogen-bond donors (Lipinski definition) is 0. The third kappa shape index (κ3) is 6.07. The molecule has 1 unspecified atom stereocenters. The standard InChI is InChI=1S/C14H21ClN3O4PS/c1-4-21-9(19)7-6-8-18(23)12-10(13(20)22-5-2)11(15)16-14(17-12)24-3/h4-8,23H2,1-3H3. The molecule has 0 radical (unpaired) electrons. The number of carbonyl (C=O) groups excluding carboxylic acids is 2. The van der Waals surface area contributed by atoms with Gasteiger partial charge in [0.05, 0.1) is 13.2 Å². The third-order valence-electron chi connectivity index (χ3n) is 2.84. The largest absolute Gasteiger partial charge is 0.466 e. The number of esters is 2. The van der Waals surface area contributed by atoms with Crippen LogP contribution in [0.15, 0.2) is 5.16 Å². The van der Waals surface area contributed by atoms with Crippen LogP contribution in [0.25, 0.3) is 0 Å². The van der Waals surface area contributed by atoms with Gasteiger partial charge in [-0.15, -0.1) is 0 Å². The normalized spacial score (nSPS) is 10.4. The highest BCUT2D eigenvalue weighted by Crippen LogP contribution is 2.30. The lowest BCUT2D eigenvalue weighted by molar-refractivity contribution is -0.143. The molecule has 7 nitrogen and oxygen atoms in total. The van der Waals surface area contributed by atoms with Gasteiger partial charge in [-0.3, -0.25) is 4.79 Å². The van der Waals surface area contributed by atoms with Gasteiger partial charge in [0, 0.05) is 13.0 Å². The van der Waals surface area contributed by atoms with Gasteiger partial charge in [-0.25, -0.2) is 14.8 Å². The van der Waals surface area contributed by atoms with Crippen molar-refractivity contribution in [2.75, 3.05) is 30.7 Å². The van der Waals surface area contributed by atoms with Crippen LogP contribution in [-0.4, -0.2) is 47.9 Å². The molecular weight excluding hydrogens is 373 g/mol. The summed E-state index contributed by atoms with van der Waals surface area (Å²) in [7, 11) is 2.48. The van der Waals surface area contributed by atoms with Crippen molar-refractivity contribution in [3.05, 3.63) is 10.7 Å². The van der Waals surface area contributed by atoms with Crippen molar-refractivity contribution < 1.29 is 19.1 Å². The lowest BCUT2D eigenvalue weighted by atomic mass is 10.2. The first-order chi connectivity index (χ1) is 11.4. The molecule has 0 saturated carbocycles. The van der Waals surface area contributed by atoms with Crippen molar-refractivity contribution in [2.45, 2.75) is 31.8 Å². The van der Waals surface area contributed by atoms with Gasteiger partial charge in [0.1, 0.15) is 10.7 Å². The number of thioether (sulfide) groups is 1. The van der Waals surface area contributed by atoms with E-state index in [0.717, 1.165) is 0 Å². The van der Waals surface area contributed by atoms with E-state index in [0.29, 0.717) is 30.5 Å². The first-order valence-corrected chi connectivity index (χ1v) is 9.52. The minimum atomic E-state index is -0.581. The van der Waals surface area contributed by atoms with E-state index in [9.17, 15) is 9.59 Å². The Balaban J connectivity index is 2.95. The van der Waals surface area contributed by atoms with Crippen molar-refractivity contribution in [2.24, 2.45) is 0 Å². The van der Waals surface area contributed by atoms with E-state index in [4.69, 9.17) is 21.1 Å². The van der Waals surface area contributed by atoms with Gasteiger partial charge in [0.15, 0.2) is 11.0 Å². The Morgan fingerprint density at radius 1 is 1.25 bits per heavy atom. The maximum atomic E-state index is 12.2. The fourth-order valence-corrected chi connectivity index (χ4v) is 2.84. The van der Waals surface area contributed by atoms with Crippen LogP contribution < -0.4 is 4.67 Å². The number of rotatable bonds is 9. The zero-order valence-corrected chi connectivity index (χ0v) is 16.6. The molecule has 0 amide bonds. The van der Waals surface area contributed by atoms with Crippen LogP contribution >= 0.6 is 32.8 Å². The van der Waals surface area contributed by atoms with E-state index in [1.807, 2.05) is 6.26 Å². The van der Waals surface area contributed by atoms with Gasteiger partial charge in [0.2, 0.25) is 0 Å². The SMILES string of the molecule is CCOC(=O)CCCN(P)c1nc(SC)nc(Cl)c1C(=O)OCC. The molecule has 1 heterocycles. The Morgan fingerprint density at radius 3 is 2.50 bits per heavy atom. The quantitative estimate of drug-likeness (QED) is 0.208. The molecule has 0 aliphatic heterocycles. The minimum Gasteiger partial charge on any atom is -0.466 e. The Hall–Kier alpha value is -1.11. The van der Waals surface area contributed by atoms with Crippen LogP contribution in [0.5, 0.6) is 0 Å². The maximum absolute atomic E-state index is 12.2. The summed E-state index contributed by atoms with van der Waals surface area (Å²) in [5.41, 5.74) is 0.113. The van der Waals surface area contributed by atoms with E-state index in [2.05, 4.69) is 19.4 Å². The van der Waals surface area contributed by atoms with Gasteiger partial charge in [-0.1, -0.05) is 23.4 Å². The first kappa shape index (κ1) is 20.9. The summed E-state index contributed by atoms with van der Waals surface area (Å²) in [5.74, 6) is -0.485. The molecule has 134 valence electrons. The number of carbonyl (C=O) groups is 2. The molecule has 1 aromatic heterocycles. The van der Waals surface area contributed by atoms with Crippen LogP contribution in [0.4, 0.5) is 5.82 Å². The number of halogens is 1. The maximum Gasteiger partial charge on any atom is 0.345 e. The third-order valence-corrected chi connectivity index (χ3v) is 4.17. The molecule has 0 saturated heterocycles. The van der Waals surface area contributed by atoms with Gasteiger partial charge < -0.3 is 14.1 Å². The summed E-state index contributed by atoms with van der Waals surface area (Å²) in [4.78, 5) is 32.0. The molecule has 1 aromatic rings. The molecule has 1 atom stereocenters. The zero-order valence-electron chi connectivity index (χ0n) is 13.9. The van der Waals surface area contributed by atoms with Crippen molar-refractivity contribution in [3.63, 3.8) is 0 Å². The fraction of sp³-hybridized carbons (Fsp3) is 0.571. The Kier molecular flexibility index (Phi) is 9.33. The van der Waals surface area contributed by atoms with Gasteiger partial charge >= 0.3 is 11.9 Å².